The molecule has 196 valence electrons. The minimum Gasteiger partial charge on any atom is -0.493 e. The summed E-state index contributed by atoms with van der Waals surface area (Å²) in [4.78, 5) is 39.2. The van der Waals surface area contributed by atoms with Crippen LogP contribution < -0.4 is 15.2 Å². The predicted octanol–water partition coefficient (Wildman–Crippen LogP) is 2.92. The van der Waals surface area contributed by atoms with Gasteiger partial charge in [0.15, 0.2) is 17.6 Å². The fourth-order valence-electron chi connectivity index (χ4n) is 5.68. The molecule has 10 heteroatoms. The average Bonchev–Trinajstić information content (AvgIpc) is 2.91. The third kappa shape index (κ3) is 5.12. The Balaban J connectivity index is 1.56. The summed E-state index contributed by atoms with van der Waals surface area (Å²) in [6.07, 6.45) is 3.62. The number of nitrogens with two attached hydrogens (primary N) is 1. The molecule has 1 aromatic rings. The van der Waals surface area contributed by atoms with Gasteiger partial charge < -0.3 is 24.8 Å². The standard InChI is InChI=1S/C26H36N4O6/c1-4-20(36-26(27)33)25(32)29-13-11-17(12-14-29)30-24(31)19-8-6-5-7-18(19)23(28-30)16-9-10-21(34-2)22(15-16)35-3/h9-10,15,17-20H,4-8,11-14H2,1-3H3,(H2,27,33)/t18-,19+,20-/m0/s1. The molecule has 3 atom stereocenters. The molecule has 2 aliphatic heterocycles. The third-order valence-corrected chi connectivity index (χ3v) is 7.58. The van der Waals surface area contributed by atoms with Crippen LogP contribution >= 0.6 is 0 Å². The predicted molar refractivity (Wildman–Crippen MR) is 133 cm³/mol. The number of hydrogen-bond acceptors (Lipinski definition) is 7. The van der Waals surface area contributed by atoms with Crippen LogP contribution in [0.5, 0.6) is 11.5 Å². The third-order valence-electron chi connectivity index (χ3n) is 7.58. The van der Waals surface area contributed by atoms with Crippen molar-refractivity contribution in [3.63, 3.8) is 0 Å². The van der Waals surface area contributed by atoms with E-state index in [2.05, 4.69) is 0 Å². The lowest BCUT2D eigenvalue weighted by Crippen LogP contribution is -2.54. The van der Waals surface area contributed by atoms with Gasteiger partial charge in [-0.25, -0.2) is 9.80 Å². The van der Waals surface area contributed by atoms with Crippen LogP contribution in [-0.2, 0) is 14.3 Å². The van der Waals surface area contributed by atoms with Gasteiger partial charge in [0.05, 0.1) is 26.0 Å². The second-order valence-electron chi connectivity index (χ2n) is 9.63. The first kappa shape index (κ1) is 25.8. The van der Waals surface area contributed by atoms with Gasteiger partial charge in [-0.15, -0.1) is 0 Å². The summed E-state index contributed by atoms with van der Waals surface area (Å²) in [5.41, 5.74) is 6.97. The lowest BCUT2D eigenvalue weighted by Gasteiger charge is -2.43. The van der Waals surface area contributed by atoms with Gasteiger partial charge in [-0.05, 0) is 50.3 Å². The van der Waals surface area contributed by atoms with E-state index in [4.69, 9.17) is 25.0 Å². The van der Waals surface area contributed by atoms with E-state index < -0.39 is 12.2 Å². The second-order valence-corrected chi connectivity index (χ2v) is 9.63. The highest BCUT2D eigenvalue weighted by molar-refractivity contribution is 6.07. The Labute approximate surface area is 211 Å². The molecule has 0 spiro atoms. The number of likely N-dealkylation sites (tertiary alicyclic amines) is 1. The van der Waals surface area contributed by atoms with Crippen LogP contribution in [0.1, 0.15) is 57.4 Å². The highest BCUT2D eigenvalue weighted by Gasteiger charge is 2.44. The first-order valence-electron chi connectivity index (χ1n) is 12.8. The fourth-order valence-corrected chi connectivity index (χ4v) is 5.68. The van der Waals surface area contributed by atoms with Crippen molar-refractivity contribution in [2.24, 2.45) is 22.7 Å². The van der Waals surface area contributed by atoms with E-state index >= 15 is 0 Å². The second kappa shape index (κ2) is 11.2. The van der Waals surface area contributed by atoms with Gasteiger partial charge in [-0.3, -0.25) is 9.59 Å². The van der Waals surface area contributed by atoms with E-state index in [-0.39, 0.29) is 29.7 Å². The molecular formula is C26H36N4O6. The van der Waals surface area contributed by atoms with E-state index in [1.807, 2.05) is 18.2 Å². The van der Waals surface area contributed by atoms with Crippen LogP contribution in [-0.4, -0.2) is 73.0 Å². The molecule has 1 aliphatic carbocycles. The van der Waals surface area contributed by atoms with E-state index in [0.717, 1.165) is 37.0 Å². The van der Waals surface area contributed by atoms with E-state index in [0.29, 0.717) is 43.9 Å². The number of methoxy groups -OCH3 is 2. The number of ether oxygens (including phenoxy) is 3. The van der Waals surface area contributed by atoms with E-state index in [9.17, 15) is 14.4 Å². The quantitative estimate of drug-likeness (QED) is 0.614. The number of piperidine rings is 1. The molecule has 0 radical (unpaired) electrons. The Morgan fingerprint density at radius 1 is 1.06 bits per heavy atom. The molecule has 0 aromatic heterocycles. The van der Waals surface area contributed by atoms with Crippen molar-refractivity contribution >= 4 is 23.6 Å². The Hall–Kier alpha value is -3.30. The monoisotopic (exact) mass is 500 g/mol. The number of benzene rings is 1. The summed E-state index contributed by atoms with van der Waals surface area (Å²) in [6.45, 7) is 2.69. The molecule has 10 nitrogen and oxygen atoms in total. The van der Waals surface area contributed by atoms with Crippen LogP contribution in [0.15, 0.2) is 23.3 Å². The number of hydrogen-bond donors (Lipinski definition) is 1. The molecule has 2 fully saturated rings. The molecule has 0 bridgehead atoms. The molecule has 1 saturated heterocycles. The zero-order valence-corrected chi connectivity index (χ0v) is 21.3. The first-order chi connectivity index (χ1) is 17.4. The number of rotatable bonds is 7. The van der Waals surface area contributed by atoms with Gasteiger partial charge >= 0.3 is 6.09 Å². The number of hydrazone groups is 1. The number of fused-ring (bicyclic) bond motifs is 1. The van der Waals surface area contributed by atoms with E-state index in [1.165, 1.54) is 0 Å². The van der Waals surface area contributed by atoms with Crippen LogP contribution in [0.2, 0.25) is 0 Å². The molecule has 3 amide bonds. The maximum atomic E-state index is 13.6. The van der Waals surface area contributed by atoms with Crippen molar-refractivity contribution in [1.82, 2.24) is 9.91 Å². The number of primary amides is 1. The smallest absolute Gasteiger partial charge is 0.405 e. The molecule has 36 heavy (non-hydrogen) atoms. The summed E-state index contributed by atoms with van der Waals surface area (Å²) in [5.74, 6) is 1.10. The molecule has 2 heterocycles. The van der Waals surface area contributed by atoms with E-state index in [1.54, 1.807) is 31.1 Å². The van der Waals surface area contributed by atoms with Crippen LogP contribution in [0.25, 0.3) is 0 Å². The lowest BCUT2D eigenvalue weighted by atomic mass is 9.73. The largest absolute Gasteiger partial charge is 0.493 e. The highest BCUT2D eigenvalue weighted by atomic mass is 16.6. The molecular weight excluding hydrogens is 464 g/mol. The first-order valence-corrected chi connectivity index (χ1v) is 12.8. The fraction of sp³-hybridized carbons (Fsp3) is 0.615. The topological polar surface area (TPSA) is 124 Å². The van der Waals surface area contributed by atoms with Crippen LogP contribution in [0.4, 0.5) is 4.79 Å². The van der Waals surface area contributed by atoms with Gasteiger partial charge in [0.25, 0.3) is 5.91 Å². The van der Waals surface area contributed by atoms with Crippen molar-refractivity contribution < 1.29 is 28.6 Å². The Morgan fingerprint density at radius 2 is 1.72 bits per heavy atom. The minimum atomic E-state index is -0.955. The summed E-state index contributed by atoms with van der Waals surface area (Å²) in [7, 11) is 3.21. The number of amides is 3. The Bertz CT molecular complexity index is 1020. The minimum absolute atomic E-state index is 0.0807. The summed E-state index contributed by atoms with van der Waals surface area (Å²) in [6, 6.07) is 5.68. The maximum absolute atomic E-state index is 13.6. The van der Waals surface area contributed by atoms with Gasteiger partial charge in [0.1, 0.15) is 0 Å². The molecule has 2 N–H and O–H groups in total. The molecule has 1 aromatic carbocycles. The van der Waals surface area contributed by atoms with Crippen molar-refractivity contribution in [1.29, 1.82) is 0 Å². The van der Waals surface area contributed by atoms with Gasteiger partial charge in [-0.2, -0.15) is 5.10 Å². The maximum Gasteiger partial charge on any atom is 0.405 e. The number of carbonyl (C=O) groups excluding carboxylic acids is 3. The highest BCUT2D eigenvalue weighted by Crippen LogP contribution is 2.40. The number of nitrogens with zero attached hydrogens (tertiary/aromatic N) is 3. The summed E-state index contributed by atoms with van der Waals surface area (Å²) >= 11 is 0. The Kier molecular flexibility index (Phi) is 8.01. The molecule has 4 rings (SSSR count). The SMILES string of the molecule is CC[C@H](OC(N)=O)C(=O)N1CCC(N2N=C(c3ccc(OC)c(OC)c3)[C@H]3CCCC[C@H]3C2=O)CC1. The summed E-state index contributed by atoms with van der Waals surface area (Å²) in [5, 5.41) is 6.63. The molecule has 0 unspecified atom stereocenters. The number of carbonyl (C=O) groups is 3. The van der Waals surface area contributed by atoms with Crippen LogP contribution in [0, 0.1) is 11.8 Å². The lowest BCUT2D eigenvalue weighted by molar-refractivity contribution is -0.145. The van der Waals surface area contributed by atoms with Gasteiger partial charge in [-0.1, -0.05) is 19.8 Å². The summed E-state index contributed by atoms with van der Waals surface area (Å²) < 4.78 is 15.9. The van der Waals surface area contributed by atoms with Crippen molar-refractivity contribution in [3.8, 4) is 11.5 Å². The van der Waals surface area contributed by atoms with Crippen LogP contribution in [0.3, 0.4) is 0 Å². The van der Waals surface area contributed by atoms with Crippen molar-refractivity contribution in [2.45, 2.75) is 64.0 Å². The Morgan fingerprint density at radius 3 is 2.33 bits per heavy atom. The van der Waals surface area contributed by atoms with Crippen molar-refractivity contribution in [3.05, 3.63) is 23.8 Å². The molecule has 1 saturated carbocycles. The zero-order valence-electron chi connectivity index (χ0n) is 21.3. The van der Waals surface area contributed by atoms with Gasteiger partial charge in [0, 0.05) is 30.5 Å². The molecule has 3 aliphatic rings. The van der Waals surface area contributed by atoms with Gasteiger partial charge in [0.2, 0.25) is 5.91 Å². The zero-order chi connectivity index (χ0) is 25.8. The average molecular weight is 501 g/mol. The normalized spacial score (nSPS) is 23.4. The van der Waals surface area contributed by atoms with Crippen molar-refractivity contribution in [2.75, 3.05) is 27.3 Å².